The fourth-order valence-electron chi connectivity index (χ4n) is 7.78. The van der Waals surface area contributed by atoms with Crippen LogP contribution in [0.15, 0.2) is 182 Å². The third kappa shape index (κ3) is 63.2. The molecule has 0 radical (unpaired) electrons. The van der Waals surface area contributed by atoms with Gasteiger partial charge in [0.05, 0.1) is 0 Å². The Balaban J connectivity index is 4.52. The Kier molecular flexibility index (Phi) is 60.5. The van der Waals surface area contributed by atoms with Crippen LogP contribution in [0.3, 0.4) is 0 Å². The van der Waals surface area contributed by atoms with E-state index in [1.807, 2.05) is 12.2 Å². The summed E-state index contributed by atoms with van der Waals surface area (Å²) < 4.78 is 16.8. The summed E-state index contributed by atoms with van der Waals surface area (Å²) >= 11 is 0. The van der Waals surface area contributed by atoms with Crippen LogP contribution in [0.5, 0.6) is 0 Å². The lowest BCUT2D eigenvalue weighted by Crippen LogP contribution is -2.30. The van der Waals surface area contributed by atoms with E-state index in [-0.39, 0.29) is 50.4 Å². The smallest absolute Gasteiger partial charge is 0.306 e. The van der Waals surface area contributed by atoms with E-state index >= 15 is 0 Å². The zero-order chi connectivity index (χ0) is 57.1. The third-order valence-electron chi connectivity index (χ3n) is 12.4. The normalized spacial score (nSPS) is 13.4. The lowest BCUT2D eigenvalue weighted by atomic mass is 10.1. The molecule has 6 heteroatoms. The topological polar surface area (TPSA) is 78.9 Å². The lowest BCUT2D eigenvalue weighted by molar-refractivity contribution is -0.166. The third-order valence-corrected chi connectivity index (χ3v) is 12.4. The molecule has 0 spiro atoms. The second kappa shape index (κ2) is 65.0. The lowest BCUT2D eigenvalue weighted by Gasteiger charge is -2.18. The van der Waals surface area contributed by atoms with Gasteiger partial charge in [-0.05, 0) is 141 Å². The largest absolute Gasteiger partial charge is 0.462 e. The molecule has 0 heterocycles. The zero-order valence-corrected chi connectivity index (χ0v) is 50.3. The van der Waals surface area contributed by atoms with Crippen molar-refractivity contribution in [2.45, 2.75) is 245 Å². The first kappa shape index (κ1) is 73.5. The van der Waals surface area contributed by atoms with E-state index in [9.17, 15) is 14.4 Å². The highest BCUT2D eigenvalue weighted by atomic mass is 16.6. The van der Waals surface area contributed by atoms with E-state index in [4.69, 9.17) is 14.2 Å². The van der Waals surface area contributed by atoms with Crippen molar-refractivity contribution >= 4 is 17.9 Å². The number of ether oxygens (including phenoxy) is 3. The molecule has 0 fully saturated rings. The highest BCUT2D eigenvalue weighted by molar-refractivity contribution is 5.71. The van der Waals surface area contributed by atoms with Crippen molar-refractivity contribution < 1.29 is 28.6 Å². The number of carbonyl (C=O) groups excluding carboxylic acids is 3. The molecule has 0 aliphatic heterocycles. The maximum Gasteiger partial charge on any atom is 0.306 e. The maximum absolute atomic E-state index is 12.9. The van der Waals surface area contributed by atoms with Gasteiger partial charge in [-0.1, -0.05) is 261 Å². The minimum Gasteiger partial charge on any atom is -0.462 e. The summed E-state index contributed by atoms with van der Waals surface area (Å²) in [6, 6.07) is 0. The van der Waals surface area contributed by atoms with Crippen molar-refractivity contribution in [2.24, 2.45) is 0 Å². The molecule has 0 rings (SSSR count). The van der Waals surface area contributed by atoms with Crippen molar-refractivity contribution in [3.63, 3.8) is 0 Å². The Hall–Kier alpha value is -5.49. The van der Waals surface area contributed by atoms with Gasteiger partial charge in [0.15, 0.2) is 6.10 Å². The van der Waals surface area contributed by atoms with Crippen LogP contribution in [0.25, 0.3) is 0 Å². The first-order chi connectivity index (χ1) is 39.0. The van der Waals surface area contributed by atoms with Gasteiger partial charge in [0, 0.05) is 19.3 Å². The fourth-order valence-corrected chi connectivity index (χ4v) is 7.78. The van der Waals surface area contributed by atoms with E-state index in [2.05, 4.69) is 191 Å². The molecule has 0 aliphatic rings. The van der Waals surface area contributed by atoms with Crippen LogP contribution < -0.4 is 0 Å². The minimum absolute atomic E-state index is 0.141. The Morgan fingerprint density at radius 2 is 0.532 bits per heavy atom. The number of rotatable bonds is 54. The fraction of sp³-hybridized carbons (Fsp3) is 0.548. The molecule has 79 heavy (non-hydrogen) atoms. The molecular formula is C73H112O6. The second-order valence-electron chi connectivity index (χ2n) is 19.8. The molecule has 440 valence electrons. The van der Waals surface area contributed by atoms with Gasteiger partial charge in [-0.2, -0.15) is 0 Å². The first-order valence-electron chi connectivity index (χ1n) is 31.3. The summed E-state index contributed by atoms with van der Waals surface area (Å²) in [6.07, 6.45) is 97.7. The van der Waals surface area contributed by atoms with Crippen LogP contribution in [0.1, 0.15) is 239 Å². The SMILES string of the molecule is CC/C=C\C/C=C\C/C=C\C/C=C\C/C=C\C/C=C\C/C=C\C/C=C\C/C=C\CCCC(=O)OCC(COC(=O)CC/C=C\C/C=C\C/C=C\C/C=C\CC)OC(=O)CCCCCCCCCCC/C=C\C/C=C\CCCCC. The van der Waals surface area contributed by atoms with Gasteiger partial charge in [0.2, 0.25) is 0 Å². The predicted molar refractivity (Wildman–Crippen MR) is 343 cm³/mol. The van der Waals surface area contributed by atoms with Crippen molar-refractivity contribution in [3.05, 3.63) is 182 Å². The average Bonchev–Trinajstić information content (AvgIpc) is 3.45. The summed E-state index contributed by atoms with van der Waals surface area (Å²) in [5.74, 6) is -1.09. The molecule has 0 aliphatic carbocycles. The first-order valence-corrected chi connectivity index (χ1v) is 31.3. The van der Waals surface area contributed by atoms with E-state index in [1.54, 1.807) is 0 Å². The number of allylic oxidation sites excluding steroid dienone is 30. The van der Waals surface area contributed by atoms with Crippen LogP contribution >= 0.6 is 0 Å². The molecule has 1 atom stereocenters. The van der Waals surface area contributed by atoms with Gasteiger partial charge >= 0.3 is 17.9 Å². The molecule has 0 bridgehead atoms. The van der Waals surface area contributed by atoms with E-state index in [0.717, 1.165) is 116 Å². The van der Waals surface area contributed by atoms with Crippen LogP contribution in [-0.2, 0) is 28.6 Å². The maximum atomic E-state index is 12.9. The van der Waals surface area contributed by atoms with Gasteiger partial charge in [0.25, 0.3) is 0 Å². The van der Waals surface area contributed by atoms with Crippen LogP contribution in [0.4, 0.5) is 0 Å². The quantitative estimate of drug-likeness (QED) is 0.0261. The van der Waals surface area contributed by atoms with Crippen LogP contribution in [0.2, 0.25) is 0 Å². The van der Waals surface area contributed by atoms with E-state index < -0.39 is 6.10 Å². The van der Waals surface area contributed by atoms with Crippen molar-refractivity contribution in [1.82, 2.24) is 0 Å². The number of hydrogen-bond acceptors (Lipinski definition) is 6. The van der Waals surface area contributed by atoms with Crippen molar-refractivity contribution in [1.29, 1.82) is 0 Å². The molecule has 0 saturated carbocycles. The number of unbranched alkanes of at least 4 members (excludes halogenated alkanes) is 13. The molecular weight excluding hydrogens is 973 g/mol. The van der Waals surface area contributed by atoms with Crippen molar-refractivity contribution in [2.75, 3.05) is 13.2 Å². The molecule has 0 N–H and O–H groups in total. The number of carbonyl (C=O) groups is 3. The highest BCUT2D eigenvalue weighted by Gasteiger charge is 2.19. The van der Waals surface area contributed by atoms with Gasteiger partial charge in [0.1, 0.15) is 13.2 Å². The van der Waals surface area contributed by atoms with E-state index in [1.165, 1.54) is 70.6 Å². The summed E-state index contributed by atoms with van der Waals surface area (Å²) in [4.78, 5) is 38.2. The predicted octanol–water partition coefficient (Wildman–Crippen LogP) is 21.7. The van der Waals surface area contributed by atoms with Gasteiger partial charge in [-0.15, -0.1) is 0 Å². The summed E-state index contributed by atoms with van der Waals surface area (Å²) in [7, 11) is 0. The second-order valence-corrected chi connectivity index (χ2v) is 19.8. The minimum atomic E-state index is -0.844. The van der Waals surface area contributed by atoms with Gasteiger partial charge in [-0.25, -0.2) is 0 Å². The monoisotopic (exact) mass is 1080 g/mol. The molecule has 0 amide bonds. The summed E-state index contributed by atoms with van der Waals surface area (Å²) in [5, 5.41) is 0. The van der Waals surface area contributed by atoms with Crippen LogP contribution in [0, 0.1) is 0 Å². The molecule has 0 aromatic heterocycles. The number of hydrogen-bond donors (Lipinski definition) is 0. The van der Waals surface area contributed by atoms with Crippen molar-refractivity contribution in [3.8, 4) is 0 Å². The summed E-state index contributed by atoms with van der Waals surface area (Å²) in [5.41, 5.74) is 0. The highest BCUT2D eigenvalue weighted by Crippen LogP contribution is 2.13. The standard InChI is InChI=1S/C73H112O6/c1-4-7-10-13-16-19-22-25-27-29-31-32-33-34-35-36-37-38-39-40-42-43-45-48-51-54-57-60-63-66-72(75)78-69-70(68-77-71(74)65-62-59-56-53-50-47-24-21-18-15-12-9-6-3)79-73(76)67-64-61-58-55-52-49-46-44-41-30-28-26-23-20-17-14-11-8-5-2/h7,9-10,12,16-21,25-28,31-32,34-35,37-38,40,42,45,47-48,50,54,56-57,59,70H,4-6,8,11,13-15,22-24,29-30,33,36,39,41,43-44,46,49,51-53,55,58,60-69H2,1-3H3/b10-7-,12-9-,19-16-,20-17-,21-18-,27-25-,28-26-,32-31-,35-34-,38-37-,42-40-,48-45-,50-47-,57-54-,59-56-. The molecule has 1 unspecified atom stereocenters. The Labute approximate surface area is 484 Å². The van der Waals surface area contributed by atoms with E-state index in [0.29, 0.717) is 12.8 Å². The molecule has 0 saturated heterocycles. The Morgan fingerprint density at radius 3 is 0.886 bits per heavy atom. The van der Waals surface area contributed by atoms with Crippen LogP contribution in [-0.4, -0.2) is 37.2 Å². The Morgan fingerprint density at radius 1 is 0.266 bits per heavy atom. The average molecular weight is 1090 g/mol. The Bertz CT molecular complexity index is 1870. The number of esters is 3. The summed E-state index contributed by atoms with van der Waals surface area (Å²) in [6.45, 7) is 6.25. The van der Waals surface area contributed by atoms with Gasteiger partial charge < -0.3 is 14.2 Å². The van der Waals surface area contributed by atoms with Gasteiger partial charge in [-0.3, -0.25) is 14.4 Å². The molecule has 6 nitrogen and oxygen atoms in total. The molecule has 0 aromatic rings. The molecule has 0 aromatic carbocycles. The zero-order valence-electron chi connectivity index (χ0n) is 50.3.